The number of carbonyl (C=O) groups excluding carboxylic acids is 1. The van der Waals surface area contributed by atoms with E-state index in [2.05, 4.69) is 39.9 Å². The summed E-state index contributed by atoms with van der Waals surface area (Å²) in [5.41, 5.74) is 5.42. The molecule has 4 N–H and O–H groups in total. The zero-order valence-corrected chi connectivity index (χ0v) is 22.7. The molecule has 0 saturated carbocycles. The normalized spacial score (nSPS) is 30.2. The number of aliphatic hydroxyl groups is 2. The first-order valence-corrected chi connectivity index (χ1v) is 13.6. The van der Waals surface area contributed by atoms with Crippen LogP contribution < -0.4 is 101 Å². The molecule has 180 valence electrons. The van der Waals surface area contributed by atoms with Crippen LogP contribution in [0.5, 0.6) is 0 Å². The third-order valence-corrected chi connectivity index (χ3v) is 8.21. The van der Waals surface area contributed by atoms with Crippen molar-refractivity contribution in [1.29, 1.82) is 0 Å². The van der Waals surface area contributed by atoms with Crippen LogP contribution in [0.1, 0.15) is 0 Å². The summed E-state index contributed by atoms with van der Waals surface area (Å²) in [4.78, 5) is 68.3. The van der Waals surface area contributed by atoms with Crippen LogP contribution in [-0.2, 0) is 43.6 Å². The predicted octanol–water partition coefficient (Wildman–Crippen LogP) is -17.7. The minimum atomic E-state index is -5.96. The maximum Gasteiger partial charge on any atom is 1.00 e. The van der Waals surface area contributed by atoms with E-state index in [-0.39, 0.29) is 87.2 Å². The third-order valence-electron chi connectivity index (χ3n) is 3.95. The number of phosphoric ester groups is 1. The van der Waals surface area contributed by atoms with E-state index in [1.807, 2.05) is 0 Å². The van der Waals surface area contributed by atoms with E-state index < -0.39 is 65.5 Å². The van der Waals surface area contributed by atoms with Crippen LogP contribution in [-0.4, -0.2) is 76.3 Å². The molecule has 0 aromatic carbocycles. The van der Waals surface area contributed by atoms with Crippen LogP contribution in [0.15, 0.2) is 15.0 Å². The Kier molecular flexibility index (Phi) is 16.3. The van der Waals surface area contributed by atoms with Crippen molar-refractivity contribution >= 4 is 58.2 Å². The van der Waals surface area contributed by atoms with Gasteiger partial charge in [0.15, 0.2) is 18.1 Å². The van der Waals surface area contributed by atoms with Crippen molar-refractivity contribution in [2.75, 3.05) is 6.61 Å². The van der Waals surface area contributed by atoms with E-state index in [4.69, 9.17) is 10.5 Å². The van der Waals surface area contributed by atoms with Gasteiger partial charge in [0.2, 0.25) is 5.96 Å². The van der Waals surface area contributed by atoms with Gasteiger partial charge in [0.25, 0.3) is 21.6 Å². The van der Waals surface area contributed by atoms with Crippen molar-refractivity contribution in [1.82, 2.24) is 4.90 Å². The Labute approximate surface area is 256 Å². The molecule has 26 heteroatoms. The average molecular weight is 563 g/mol. The summed E-state index contributed by atoms with van der Waals surface area (Å²) in [6, 6.07) is -1.16. The fraction of sp³-hybridized carbons (Fsp3) is 0.600. The van der Waals surface area contributed by atoms with Gasteiger partial charge in [0.05, 0.1) is 12.9 Å². The van der Waals surface area contributed by atoms with Gasteiger partial charge in [-0.3, -0.25) is 23.8 Å². The van der Waals surface area contributed by atoms with Crippen molar-refractivity contribution in [3.05, 3.63) is 0 Å². The second kappa shape index (κ2) is 14.8. The molecule has 36 heavy (non-hydrogen) atoms. The second-order valence-corrected chi connectivity index (χ2v) is 11.8. The molecule has 18 nitrogen and oxygen atoms in total. The van der Waals surface area contributed by atoms with Gasteiger partial charge < -0.3 is 49.1 Å². The molecular weight excluding hydrogens is 551 g/mol. The Morgan fingerprint density at radius 1 is 1.06 bits per heavy atom. The molecule has 0 radical (unpaired) electrons. The molecule has 1 fully saturated rings. The number of phosphoric acid groups is 2. The number of hydrogen-bond acceptors (Lipinski definition) is 18. The van der Waals surface area contributed by atoms with Crippen LogP contribution in [0.4, 0.5) is 0 Å². The SMILES string of the molecule is NC1=NC(=O)C2N=CN(C3OC(COP(=O)([O-])OP(=O)([O-])OP([O-])([O-])=S)C(O)C3O)C2=N1.[Li+].[Li+].[Li+].[Li+]. The molecule has 0 aromatic heterocycles. The summed E-state index contributed by atoms with van der Waals surface area (Å²) in [5, 5.41) is 20.4. The number of nitrogens with two attached hydrogens (primary N) is 1. The number of guanidine groups is 1. The van der Waals surface area contributed by atoms with Crippen LogP contribution in [0.25, 0.3) is 0 Å². The number of carbonyl (C=O) groups is 1. The monoisotopic (exact) mass is 563 g/mol. The Bertz CT molecular complexity index is 1050. The topological polar surface area (TPSA) is 287 Å². The van der Waals surface area contributed by atoms with Crippen molar-refractivity contribution < 1.29 is 137 Å². The number of fused-ring (bicyclic) bond motifs is 1. The number of nitrogens with zero attached hydrogens (tertiary/aromatic N) is 4. The van der Waals surface area contributed by atoms with Crippen molar-refractivity contribution in [3.63, 3.8) is 0 Å². The van der Waals surface area contributed by atoms with Crippen LogP contribution in [0.3, 0.4) is 0 Å². The van der Waals surface area contributed by atoms with Gasteiger partial charge in [0.1, 0.15) is 18.3 Å². The first-order chi connectivity index (χ1) is 14.6. The number of amides is 1. The first-order valence-electron chi connectivity index (χ1n) is 8.10. The standard InChI is InChI=1S/C10H16N5O13P3S.4Li/c11-10-13-7-4(8(18)14-10)12-2-15(7)9-6(17)5(16)3(26-9)1-25-29(19,20)27-30(21,22)28-31(23,24)32;;;;/h2-6,9,16-17H,1H2,(H,19,20)(H,21,22)(H2,11,14,18)(H2,23,24,32);;;;/q;4*+1/p-4. The number of aliphatic hydroxyl groups excluding tert-OH is 2. The quantitative estimate of drug-likeness (QED) is 0.182. The van der Waals surface area contributed by atoms with Gasteiger partial charge in [-0.25, -0.2) is 4.31 Å². The van der Waals surface area contributed by atoms with Gasteiger partial charge in [0, 0.05) is 0 Å². The molecule has 7 atom stereocenters. The summed E-state index contributed by atoms with van der Waals surface area (Å²) in [5.74, 6) is -1.21. The van der Waals surface area contributed by atoms with Crippen molar-refractivity contribution in [2.45, 2.75) is 30.6 Å². The summed E-state index contributed by atoms with van der Waals surface area (Å²) in [6.45, 7) is -6.40. The maximum atomic E-state index is 11.8. The molecule has 7 unspecified atom stereocenters. The van der Waals surface area contributed by atoms with E-state index >= 15 is 0 Å². The Morgan fingerprint density at radius 2 is 1.64 bits per heavy atom. The molecule has 3 rings (SSSR count). The summed E-state index contributed by atoms with van der Waals surface area (Å²) in [6.07, 6.45) is -5.43. The van der Waals surface area contributed by atoms with E-state index in [1.54, 1.807) is 0 Å². The van der Waals surface area contributed by atoms with E-state index in [0.717, 1.165) is 11.2 Å². The minimum Gasteiger partial charge on any atom is -0.812 e. The summed E-state index contributed by atoms with van der Waals surface area (Å²) in [7, 11) is -11.7. The van der Waals surface area contributed by atoms with Crippen LogP contribution in [0.2, 0.25) is 0 Å². The van der Waals surface area contributed by atoms with E-state index in [1.165, 1.54) is 0 Å². The van der Waals surface area contributed by atoms with Gasteiger partial charge in [-0.15, -0.1) is 11.8 Å². The number of amidine groups is 1. The average Bonchev–Trinajstić information content (AvgIpc) is 3.12. The zero-order valence-electron chi connectivity index (χ0n) is 19.2. The van der Waals surface area contributed by atoms with Gasteiger partial charge >= 0.3 is 75.4 Å². The second-order valence-electron chi connectivity index (χ2n) is 6.20. The molecule has 0 spiro atoms. The molecule has 0 aliphatic carbocycles. The molecule has 3 aliphatic rings. The molecule has 0 bridgehead atoms. The zero-order chi connectivity index (χ0) is 24.1. The van der Waals surface area contributed by atoms with Gasteiger partial charge in [-0.1, -0.05) is 6.72 Å². The molecule has 3 aliphatic heterocycles. The van der Waals surface area contributed by atoms with E-state index in [9.17, 15) is 43.7 Å². The largest absolute Gasteiger partial charge is 1.00 e. The smallest absolute Gasteiger partial charge is 0.812 e. The Hall–Kier alpha value is 1.38. The third kappa shape index (κ3) is 10.1. The van der Waals surface area contributed by atoms with Crippen LogP contribution in [0, 0.1) is 0 Å². The van der Waals surface area contributed by atoms with Crippen molar-refractivity contribution in [2.24, 2.45) is 20.7 Å². The number of aliphatic imine (C=N–C) groups is 3. The van der Waals surface area contributed by atoms with Crippen molar-refractivity contribution in [3.8, 4) is 0 Å². The molecule has 1 amide bonds. The molecular formula is C10H12Li4N5O13P3S. The number of ether oxygens (including phenoxy) is 1. The molecule has 1 saturated heterocycles. The Balaban J connectivity index is 0. The molecule has 0 aromatic rings. The Morgan fingerprint density at radius 3 is 2.19 bits per heavy atom. The maximum absolute atomic E-state index is 11.8. The summed E-state index contributed by atoms with van der Waals surface area (Å²) < 4.78 is 39.4. The summed E-state index contributed by atoms with van der Waals surface area (Å²) >= 11 is 3.67. The molecule has 3 heterocycles. The van der Waals surface area contributed by atoms with Gasteiger partial charge in [-0.2, -0.15) is 9.98 Å². The number of rotatable bonds is 8. The fourth-order valence-electron chi connectivity index (χ4n) is 2.76. The van der Waals surface area contributed by atoms with Crippen LogP contribution >= 0.6 is 22.4 Å². The number of hydrogen-bond donors (Lipinski definition) is 3. The van der Waals surface area contributed by atoms with E-state index in [0.29, 0.717) is 0 Å². The predicted molar refractivity (Wildman–Crippen MR) is 96.5 cm³/mol. The fourth-order valence-corrected chi connectivity index (χ4v) is 6.36. The van der Waals surface area contributed by atoms with Gasteiger partial charge in [-0.05, 0) is 0 Å². The minimum absolute atomic E-state index is 0. The first kappa shape index (κ1) is 39.5.